The first-order chi connectivity index (χ1) is 11.1. The molecule has 136 valence electrons. The van der Waals surface area contributed by atoms with Crippen molar-refractivity contribution >= 4 is 13.6 Å². The zero-order valence-corrected chi connectivity index (χ0v) is 16.1. The zero-order chi connectivity index (χ0) is 18.5. The summed E-state index contributed by atoms with van der Waals surface area (Å²) in [6.07, 6.45) is 1.04. The van der Waals surface area contributed by atoms with Gasteiger partial charge in [0.1, 0.15) is 0 Å². The quantitative estimate of drug-likeness (QED) is 0.442. The number of rotatable bonds is 7. The minimum Gasteiger partial charge on any atom is -0.490 e. The fourth-order valence-electron chi connectivity index (χ4n) is 2.07. The van der Waals surface area contributed by atoms with E-state index in [4.69, 9.17) is 14.0 Å². The first kappa shape index (κ1) is 20.5. The minimum absolute atomic E-state index is 0.0782. The van der Waals surface area contributed by atoms with Crippen molar-refractivity contribution < 1.29 is 28.3 Å². The van der Waals surface area contributed by atoms with Gasteiger partial charge < -0.3 is 18.9 Å². The molecule has 0 radical (unpaired) electrons. The second-order valence-corrected chi connectivity index (χ2v) is 8.59. The summed E-state index contributed by atoms with van der Waals surface area (Å²) in [6, 6.07) is 4.64. The lowest BCUT2D eigenvalue weighted by atomic mass is 9.97. The van der Waals surface area contributed by atoms with Crippen molar-refractivity contribution in [2.75, 3.05) is 7.11 Å². The summed E-state index contributed by atoms with van der Waals surface area (Å²) < 4.78 is 28.4. The first-order valence-electron chi connectivity index (χ1n) is 7.98. The number of para-hydroxylation sites is 1. The summed E-state index contributed by atoms with van der Waals surface area (Å²) in [4.78, 5) is 22.3. The van der Waals surface area contributed by atoms with Gasteiger partial charge in [-0.2, -0.15) is 0 Å². The molecule has 0 aliphatic carbocycles. The van der Waals surface area contributed by atoms with E-state index in [1.165, 1.54) is 13.2 Å². The molecule has 1 atom stereocenters. The molecule has 0 fully saturated rings. The number of carbonyl (C=O) groups excluding carboxylic acids is 1. The monoisotopic (exact) mass is 358 g/mol. The number of benzene rings is 1. The molecule has 0 amide bonds. The van der Waals surface area contributed by atoms with E-state index in [1.54, 1.807) is 32.9 Å². The van der Waals surface area contributed by atoms with Gasteiger partial charge in [-0.15, -0.1) is 0 Å². The van der Waals surface area contributed by atoms with Crippen LogP contribution in [0.25, 0.3) is 0 Å². The Morgan fingerprint density at radius 2 is 1.75 bits per heavy atom. The van der Waals surface area contributed by atoms with Gasteiger partial charge in [-0.1, -0.05) is 19.9 Å². The SMILES string of the molecule is CCC(CC)P(=O)(O)Oc1cccc(OC(=O)C(C)(C)C)c1OC. The molecule has 1 aromatic carbocycles. The molecule has 0 heterocycles. The second-order valence-electron chi connectivity index (χ2n) is 6.55. The Labute approximate surface area is 143 Å². The van der Waals surface area contributed by atoms with Crippen molar-refractivity contribution in [3.8, 4) is 17.2 Å². The molecule has 7 heteroatoms. The molecule has 1 unspecified atom stereocenters. The summed E-state index contributed by atoms with van der Waals surface area (Å²) in [5.41, 5.74) is -1.16. The summed E-state index contributed by atoms with van der Waals surface area (Å²) in [5.74, 6) is -0.0885. The van der Waals surface area contributed by atoms with E-state index >= 15 is 0 Å². The van der Waals surface area contributed by atoms with Gasteiger partial charge in [0.25, 0.3) is 0 Å². The maximum atomic E-state index is 12.5. The van der Waals surface area contributed by atoms with Crippen LogP contribution in [0.3, 0.4) is 0 Å². The van der Waals surface area contributed by atoms with Gasteiger partial charge in [0.05, 0.1) is 18.2 Å². The predicted octanol–water partition coefficient (Wildman–Crippen LogP) is 4.40. The van der Waals surface area contributed by atoms with Gasteiger partial charge in [-0.3, -0.25) is 4.79 Å². The molecule has 24 heavy (non-hydrogen) atoms. The lowest BCUT2D eigenvalue weighted by Gasteiger charge is -2.23. The van der Waals surface area contributed by atoms with Gasteiger partial charge in [-0.25, -0.2) is 4.57 Å². The smallest absolute Gasteiger partial charge is 0.379 e. The van der Waals surface area contributed by atoms with E-state index < -0.39 is 24.6 Å². The fraction of sp³-hybridized carbons (Fsp3) is 0.588. The second kappa shape index (κ2) is 8.04. The first-order valence-corrected chi connectivity index (χ1v) is 9.62. The van der Waals surface area contributed by atoms with Crippen LogP contribution in [0.15, 0.2) is 18.2 Å². The number of carbonyl (C=O) groups is 1. The third kappa shape index (κ3) is 4.99. The van der Waals surface area contributed by atoms with Gasteiger partial charge in [0.15, 0.2) is 11.5 Å². The average Bonchev–Trinajstić information content (AvgIpc) is 2.47. The number of ether oxygens (including phenoxy) is 2. The van der Waals surface area contributed by atoms with E-state index in [0.29, 0.717) is 12.8 Å². The number of hydrogen-bond acceptors (Lipinski definition) is 5. The van der Waals surface area contributed by atoms with Crippen LogP contribution in [0.4, 0.5) is 0 Å². The number of esters is 1. The van der Waals surface area contributed by atoms with Gasteiger partial charge in [0, 0.05) is 0 Å². The fourth-order valence-corrected chi connectivity index (χ4v) is 3.57. The molecule has 6 nitrogen and oxygen atoms in total. The minimum atomic E-state index is -3.87. The molecule has 0 saturated carbocycles. The van der Waals surface area contributed by atoms with Crippen LogP contribution in [-0.2, 0) is 9.36 Å². The van der Waals surface area contributed by atoms with Crippen molar-refractivity contribution in [1.82, 2.24) is 0 Å². The topological polar surface area (TPSA) is 82.1 Å². The molecule has 0 aliphatic rings. The van der Waals surface area contributed by atoms with Crippen molar-refractivity contribution in [2.24, 2.45) is 5.41 Å². The highest BCUT2D eigenvalue weighted by Crippen LogP contribution is 2.53. The van der Waals surface area contributed by atoms with Crippen LogP contribution < -0.4 is 14.0 Å². The lowest BCUT2D eigenvalue weighted by Crippen LogP contribution is -2.25. The molecule has 0 bridgehead atoms. The van der Waals surface area contributed by atoms with Gasteiger partial charge in [0.2, 0.25) is 5.75 Å². The Morgan fingerprint density at radius 3 is 2.21 bits per heavy atom. The molecule has 0 aliphatic heterocycles. The molecular weight excluding hydrogens is 331 g/mol. The molecule has 0 spiro atoms. The molecule has 0 aromatic heterocycles. The Hall–Kier alpha value is -1.52. The van der Waals surface area contributed by atoms with Crippen LogP contribution in [0, 0.1) is 5.41 Å². The normalized spacial score (nSPS) is 14.2. The van der Waals surface area contributed by atoms with Gasteiger partial charge >= 0.3 is 13.6 Å². The third-order valence-corrected chi connectivity index (χ3v) is 5.71. The maximum absolute atomic E-state index is 12.5. The standard InChI is InChI=1S/C17H27O6P/c1-7-12(8-2)24(19,20)23-14-11-9-10-13(15(14)21-6)22-16(18)17(3,4)5/h9-12H,7-8H2,1-6H3,(H,19,20). The van der Waals surface area contributed by atoms with Crippen molar-refractivity contribution in [3.05, 3.63) is 18.2 Å². The van der Waals surface area contributed by atoms with Crippen LogP contribution in [0.1, 0.15) is 47.5 Å². The third-order valence-electron chi connectivity index (χ3n) is 3.60. The van der Waals surface area contributed by atoms with Crippen molar-refractivity contribution in [1.29, 1.82) is 0 Å². The summed E-state index contributed by atoms with van der Waals surface area (Å²) in [6.45, 7) is 8.86. The Bertz CT molecular complexity index is 616. The largest absolute Gasteiger partial charge is 0.490 e. The highest BCUT2D eigenvalue weighted by atomic mass is 31.2. The van der Waals surface area contributed by atoms with Gasteiger partial charge in [-0.05, 0) is 45.7 Å². The highest BCUT2D eigenvalue weighted by molar-refractivity contribution is 7.54. The maximum Gasteiger partial charge on any atom is 0.379 e. The Kier molecular flexibility index (Phi) is 6.87. The summed E-state index contributed by atoms with van der Waals surface area (Å²) in [7, 11) is -2.49. The molecule has 0 saturated heterocycles. The van der Waals surface area contributed by atoms with E-state index in [1.807, 2.05) is 13.8 Å². The molecule has 1 N–H and O–H groups in total. The van der Waals surface area contributed by atoms with E-state index in [9.17, 15) is 14.3 Å². The van der Waals surface area contributed by atoms with Crippen LogP contribution in [0.2, 0.25) is 0 Å². The average molecular weight is 358 g/mol. The molecule has 1 aromatic rings. The Morgan fingerprint density at radius 1 is 1.21 bits per heavy atom. The van der Waals surface area contributed by atoms with Crippen LogP contribution in [-0.4, -0.2) is 23.6 Å². The lowest BCUT2D eigenvalue weighted by molar-refractivity contribution is -0.143. The van der Waals surface area contributed by atoms with E-state index in [0.717, 1.165) is 0 Å². The summed E-state index contributed by atoms with van der Waals surface area (Å²) in [5, 5.41) is 0. The van der Waals surface area contributed by atoms with Crippen LogP contribution in [0.5, 0.6) is 17.2 Å². The number of methoxy groups -OCH3 is 1. The van der Waals surface area contributed by atoms with E-state index in [-0.39, 0.29) is 17.2 Å². The van der Waals surface area contributed by atoms with Crippen LogP contribution >= 0.6 is 7.60 Å². The molecular formula is C17H27O6P. The number of hydrogen-bond donors (Lipinski definition) is 1. The Balaban J connectivity index is 3.16. The van der Waals surface area contributed by atoms with Crippen molar-refractivity contribution in [2.45, 2.75) is 53.1 Å². The summed E-state index contributed by atoms with van der Waals surface area (Å²) >= 11 is 0. The van der Waals surface area contributed by atoms with E-state index in [2.05, 4.69) is 0 Å². The molecule has 1 rings (SSSR count). The van der Waals surface area contributed by atoms with Crippen molar-refractivity contribution in [3.63, 3.8) is 0 Å². The predicted molar refractivity (Wildman–Crippen MR) is 92.9 cm³/mol. The highest BCUT2D eigenvalue weighted by Gasteiger charge is 2.33. The zero-order valence-electron chi connectivity index (χ0n) is 15.2.